The second-order valence-corrected chi connectivity index (χ2v) is 12.3. The maximum absolute atomic E-state index is 15.2. The number of carbonyl (C=O) groups is 2. The molecule has 7 rings (SSSR count). The molecule has 0 radical (unpaired) electrons. The van der Waals surface area contributed by atoms with Crippen LogP contribution in [0.2, 0.25) is 0 Å². The van der Waals surface area contributed by atoms with Crippen LogP contribution in [0.1, 0.15) is 71.7 Å². The van der Waals surface area contributed by atoms with Gasteiger partial charge in [-0.3, -0.25) is 4.79 Å². The number of fused-ring (bicyclic) bond motifs is 5. The molecule has 2 aliphatic heterocycles. The summed E-state index contributed by atoms with van der Waals surface area (Å²) in [5.74, 6) is -1.20. The van der Waals surface area contributed by atoms with Crippen LogP contribution in [0.5, 0.6) is 0 Å². The molecule has 4 heterocycles. The van der Waals surface area contributed by atoms with E-state index in [1.807, 2.05) is 37.3 Å². The van der Waals surface area contributed by atoms with E-state index in [2.05, 4.69) is 5.32 Å². The van der Waals surface area contributed by atoms with Crippen molar-refractivity contribution in [2.75, 3.05) is 6.61 Å². The van der Waals surface area contributed by atoms with Gasteiger partial charge in [0.15, 0.2) is 5.60 Å². The minimum atomic E-state index is -1.97. The van der Waals surface area contributed by atoms with Gasteiger partial charge in [0, 0.05) is 22.6 Å². The Kier molecular flexibility index (Phi) is 7.40. The Hall–Kier alpha value is -4.61. The third-order valence-electron chi connectivity index (χ3n) is 9.50. The maximum atomic E-state index is 15.2. The summed E-state index contributed by atoms with van der Waals surface area (Å²) in [5, 5.41) is 15.0. The number of nitrogens with zero attached hydrogens (tertiary/aromatic N) is 2. The van der Waals surface area contributed by atoms with Gasteiger partial charge < -0.3 is 29.2 Å². The second kappa shape index (κ2) is 11.3. The summed E-state index contributed by atoms with van der Waals surface area (Å²) in [6.07, 6.45) is 0.0540. The van der Waals surface area contributed by atoms with Crippen molar-refractivity contribution in [2.45, 2.75) is 77.5 Å². The number of aromatic nitrogens is 2. The predicted molar refractivity (Wildman–Crippen MR) is 165 cm³/mol. The Morgan fingerprint density at radius 3 is 2.76 bits per heavy atom. The van der Waals surface area contributed by atoms with Crippen LogP contribution in [0.15, 0.2) is 47.3 Å². The molecule has 0 unspecified atom stereocenters. The van der Waals surface area contributed by atoms with Crippen molar-refractivity contribution < 1.29 is 33.3 Å². The van der Waals surface area contributed by atoms with Gasteiger partial charge in [0.2, 0.25) is 0 Å². The summed E-state index contributed by atoms with van der Waals surface area (Å²) in [7, 11) is 0. The fourth-order valence-corrected chi connectivity index (χ4v) is 6.94. The fraction of sp³-hybridized carbons (Fsp3) is 0.371. The van der Waals surface area contributed by atoms with Crippen molar-refractivity contribution in [2.24, 2.45) is 0 Å². The van der Waals surface area contributed by atoms with Gasteiger partial charge in [0.1, 0.15) is 19.0 Å². The van der Waals surface area contributed by atoms with Gasteiger partial charge in [0.25, 0.3) is 5.56 Å². The SMILES string of the molecule is CC[C@@]1(O)C(=O)OCc2c1cc1n(c2=O)Cc2c-1nc1cc(F)c(C)c3c1c2[C@@H](NC(=O)OC[C@H](C)OCc1ccccc1)CC3. The van der Waals surface area contributed by atoms with E-state index >= 15 is 4.39 Å². The van der Waals surface area contributed by atoms with Crippen molar-refractivity contribution in [3.05, 3.63) is 97.6 Å². The number of amides is 1. The topological polar surface area (TPSA) is 129 Å². The highest BCUT2D eigenvalue weighted by molar-refractivity contribution is 5.93. The molecule has 3 aliphatic rings. The molecular formula is C35H34FN3O7. The van der Waals surface area contributed by atoms with Crippen LogP contribution in [-0.4, -0.2) is 39.4 Å². The number of alkyl carbamates (subject to hydrolysis) is 1. The fourth-order valence-electron chi connectivity index (χ4n) is 6.94. The maximum Gasteiger partial charge on any atom is 0.407 e. The number of benzene rings is 2. The molecule has 10 nitrogen and oxygen atoms in total. The number of cyclic esters (lactones) is 1. The van der Waals surface area contributed by atoms with Crippen LogP contribution < -0.4 is 10.9 Å². The monoisotopic (exact) mass is 627 g/mol. The number of nitrogens with one attached hydrogen (secondary N) is 1. The normalized spacial score (nSPS) is 20.0. The van der Waals surface area contributed by atoms with Crippen molar-refractivity contribution in [1.82, 2.24) is 14.9 Å². The first kappa shape index (κ1) is 30.1. The lowest BCUT2D eigenvalue weighted by Crippen LogP contribution is -2.44. The van der Waals surface area contributed by atoms with Gasteiger partial charge >= 0.3 is 12.1 Å². The van der Waals surface area contributed by atoms with Gasteiger partial charge in [-0.05, 0) is 61.4 Å². The smallest absolute Gasteiger partial charge is 0.407 e. The molecule has 2 N–H and O–H groups in total. The van der Waals surface area contributed by atoms with Crippen LogP contribution >= 0.6 is 0 Å². The number of hydrogen-bond donors (Lipinski definition) is 2. The molecule has 11 heteroatoms. The summed E-state index contributed by atoms with van der Waals surface area (Å²) in [6.45, 7) is 5.55. The van der Waals surface area contributed by atoms with Gasteiger partial charge in [0.05, 0.1) is 47.8 Å². The Morgan fingerprint density at radius 2 is 2.00 bits per heavy atom. The predicted octanol–water partition coefficient (Wildman–Crippen LogP) is 4.85. The molecule has 3 atom stereocenters. The van der Waals surface area contributed by atoms with Crippen LogP contribution in [0.3, 0.4) is 0 Å². The molecule has 4 aromatic rings. The second-order valence-electron chi connectivity index (χ2n) is 12.3. The minimum Gasteiger partial charge on any atom is -0.458 e. The molecule has 1 aliphatic carbocycles. The van der Waals surface area contributed by atoms with E-state index in [0.29, 0.717) is 41.9 Å². The zero-order valence-electron chi connectivity index (χ0n) is 25.8. The highest BCUT2D eigenvalue weighted by atomic mass is 19.1. The van der Waals surface area contributed by atoms with Gasteiger partial charge in [-0.25, -0.2) is 19.0 Å². The number of pyridine rings is 2. The van der Waals surface area contributed by atoms with E-state index in [-0.39, 0.29) is 49.2 Å². The van der Waals surface area contributed by atoms with E-state index in [1.54, 1.807) is 24.5 Å². The van der Waals surface area contributed by atoms with Crippen molar-refractivity contribution >= 4 is 23.0 Å². The molecule has 0 saturated heterocycles. The average Bonchev–Trinajstić information content (AvgIpc) is 3.43. The average molecular weight is 628 g/mol. The molecule has 1 amide bonds. The molecular weight excluding hydrogens is 593 g/mol. The zero-order chi connectivity index (χ0) is 32.3. The molecule has 0 spiro atoms. The first-order valence-corrected chi connectivity index (χ1v) is 15.5. The van der Waals surface area contributed by atoms with Crippen LogP contribution in [-0.2, 0) is 50.8 Å². The van der Waals surface area contributed by atoms with E-state index in [9.17, 15) is 19.5 Å². The molecule has 0 bridgehead atoms. The first-order chi connectivity index (χ1) is 22.1. The number of carbonyl (C=O) groups excluding carboxylic acids is 2. The summed E-state index contributed by atoms with van der Waals surface area (Å²) in [4.78, 5) is 44.4. The Labute approximate surface area is 264 Å². The Bertz CT molecular complexity index is 1980. The largest absolute Gasteiger partial charge is 0.458 e. The Balaban J connectivity index is 1.24. The lowest BCUT2D eigenvalue weighted by molar-refractivity contribution is -0.172. The number of aliphatic hydroxyl groups is 1. The molecule has 2 aromatic carbocycles. The van der Waals surface area contributed by atoms with E-state index in [0.717, 1.165) is 27.6 Å². The van der Waals surface area contributed by atoms with Crippen LogP contribution in [0.25, 0.3) is 22.3 Å². The highest BCUT2D eigenvalue weighted by Gasteiger charge is 2.46. The number of aryl methyl sites for hydroxylation is 1. The zero-order valence-corrected chi connectivity index (χ0v) is 25.8. The Morgan fingerprint density at radius 1 is 1.22 bits per heavy atom. The van der Waals surface area contributed by atoms with E-state index in [4.69, 9.17) is 19.2 Å². The summed E-state index contributed by atoms with van der Waals surface area (Å²) < 4.78 is 33.3. The quantitative estimate of drug-likeness (QED) is 0.245. The number of ether oxygens (including phenoxy) is 3. The van der Waals surface area contributed by atoms with Gasteiger partial charge in [-0.2, -0.15) is 0 Å². The van der Waals surface area contributed by atoms with Gasteiger partial charge in [-0.15, -0.1) is 0 Å². The first-order valence-electron chi connectivity index (χ1n) is 15.5. The van der Waals surface area contributed by atoms with Crippen LogP contribution in [0.4, 0.5) is 9.18 Å². The van der Waals surface area contributed by atoms with Crippen LogP contribution in [0, 0.1) is 12.7 Å². The lowest BCUT2D eigenvalue weighted by atomic mass is 9.81. The molecule has 0 fully saturated rings. The highest BCUT2D eigenvalue weighted by Crippen LogP contribution is 2.46. The summed E-state index contributed by atoms with van der Waals surface area (Å²) in [6, 6.07) is 12.2. The summed E-state index contributed by atoms with van der Waals surface area (Å²) in [5.41, 5.74) is 3.13. The van der Waals surface area contributed by atoms with Crippen molar-refractivity contribution in [3.63, 3.8) is 0 Å². The third-order valence-corrected chi connectivity index (χ3v) is 9.50. The summed E-state index contributed by atoms with van der Waals surface area (Å²) >= 11 is 0. The van der Waals surface area contributed by atoms with Crippen molar-refractivity contribution in [1.29, 1.82) is 0 Å². The van der Waals surface area contributed by atoms with Crippen molar-refractivity contribution in [3.8, 4) is 11.4 Å². The number of hydrogen-bond acceptors (Lipinski definition) is 8. The minimum absolute atomic E-state index is 0.0167. The molecule has 0 saturated carbocycles. The van der Waals surface area contributed by atoms with E-state index < -0.39 is 29.3 Å². The number of rotatable bonds is 7. The third kappa shape index (κ3) is 4.76. The lowest BCUT2D eigenvalue weighted by Gasteiger charge is -2.31. The number of halogens is 1. The van der Waals surface area contributed by atoms with Gasteiger partial charge in [-0.1, -0.05) is 37.3 Å². The molecule has 2 aromatic heterocycles. The molecule has 46 heavy (non-hydrogen) atoms. The standard InChI is InChI=1S/C35H34FN3O7/c1-4-35(43)24-12-28-31-22(14-39(28)32(40)23(24)17-45-33(35)41)30-26(11-10-21-19(3)25(36)13-27(37-31)29(21)30)38-34(42)46-15-18(2)44-16-20-8-6-5-7-9-20/h5-9,12-13,18,26,43H,4,10-11,14-17H2,1-3H3,(H,38,42)/t18-,26-,35-/m0/s1. The van der Waals surface area contributed by atoms with E-state index in [1.165, 1.54) is 6.07 Å². The number of esters is 1. The molecule has 238 valence electrons.